The number of halogens is 1. The van der Waals surface area contributed by atoms with E-state index in [-0.39, 0.29) is 18.5 Å². The van der Waals surface area contributed by atoms with Crippen molar-refractivity contribution in [2.24, 2.45) is 0 Å². The van der Waals surface area contributed by atoms with E-state index in [0.717, 1.165) is 0 Å². The molecule has 1 fully saturated rings. The number of nitrogens with zero attached hydrogens (tertiary/aromatic N) is 3. The lowest BCUT2D eigenvalue weighted by atomic mass is 10.2. The average molecular weight is 293 g/mol. The molecule has 112 valence electrons. The van der Waals surface area contributed by atoms with Crippen molar-refractivity contribution in [1.82, 2.24) is 9.97 Å². The first-order chi connectivity index (χ1) is 10.2. The van der Waals surface area contributed by atoms with Crippen LogP contribution in [0.2, 0.25) is 0 Å². The number of aliphatic hydroxyl groups is 1. The molecule has 0 aliphatic carbocycles. The Labute approximate surface area is 121 Å². The number of aliphatic hydroxyl groups excluding tert-OH is 1. The minimum Gasteiger partial charge on any atom is -0.494 e. The average Bonchev–Trinajstić information content (AvgIpc) is 2.53. The molecule has 1 aromatic heterocycles. The van der Waals surface area contributed by atoms with Gasteiger partial charge in [0.05, 0.1) is 31.9 Å². The van der Waals surface area contributed by atoms with Crippen LogP contribution in [0, 0.1) is 5.82 Å². The Morgan fingerprint density at radius 2 is 2.33 bits per heavy atom. The van der Waals surface area contributed by atoms with Gasteiger partial charge in [0, 0.05) is 24.5 Å². The molecule has 2 heterocycles. The number of aromatic nitrogens is 2. The van der Waals surface area contributed by atoms with Gasteiger partial charge in [0.2, 0.25) is 0 Å². The van der Waals surface area contributed by atoms with Crippen LogP contribution >= 0.6 is 0 Å². The third-order valence-corrected chi connectivity index (χ3v) is 3.53. The summed E-state index contributed by atoms with van der Waals surface area (Å²) in [5.41, 5.74) is 0.519. The monoisotopic (exact) mass is 293 g/mol. The highest BCUT2D eigenvalue weighted by Gasteiger charge is 2.23. The lowest BCUT2D eigenvalue weighted by Gasteiger charge is -2.33. The summed E-state index contributed by atoms with van der Waals surface area (Å²) in [7, 11) is 1.42. The van der Waals surface area contributed by atoms with E-state index < -0.39 is 5.82 Å². The van der Waals surface area contributed by atoms with Crippen molar-refractivity contribution in [1.29, 1.82) is 0 Å². The molecule has 1 N–H and O–H groups in total. The maximum Gasteiger partial charge on any atom is 0.167 e. The van der Waals surface area contributed by atoms with E-state index in [2.05, 4.69) is 9.97 Å². The predicted octanol–water partition coefficient (Wildman–Crippen LogP) is 0.975. The van der Waals surface area contributed by atoms with Gasteiger partial charge in [0.15, 0.2) is 11.6 Å². The van der Waals surface area contributed by atoms with Gasteiger partial charge in [-0.3, -0.25) is 0 Å². The largest absolute Gasteiger partial charge is 0.494 e. The van der Waals surface area contributed by atoms with Gasteiger partial charge in [-0.2, -0.15) is 0 Å². The van der Waals surface area contributed by atoms with Crippen molar-refractivity contribution < 1.29 is 19.0 Å². The van der Waals surface area contributed by atoms with Gasteiger partial charge in [-0.15, -0.1) is 0 Å². The first-order valence-electron chi connectivity index (χ1n) is 6.68. The molecule has 1 atom stereocenters. The number of morpholine rings is 1. The van der Waals surface area contributed by atoms with Crippen LogP contribution in [-0.4, -0.2) is 54.6 Å². The molecule has 2 aromatic rings. The Balaban J connectivity index is 2.05. The highest BCUT2D eigenvalue weighted by atomic mass is 19.1. The van der Waals surface area contributed by atoms with Gasteiger partial charge >= 0.3 is 0 Å². The van der Waals surface area contributed by atoms with Gasteiger partial charge in [-0.05, 0) is 6.07 Å². The zero-order chi connectivity index (χ0) is 14.8. The van der Waals surface area contributed by atoms with Gasteiger partial charge in [-0.25, -0.2) is 14.4 Å². The highest BCUT2D eigenvalue weighted by Crippen LogP contribution is 2.29. The van der Waals surface area contributed by atoms with Crippen molar-refractivity contribution in [2.45, 2.75) is 6.10 Å². The fourth-order valence-electron chi connectivity index (χ4n) is 2.47. The number of benzene rings is 1. The van der Waals surface area contributed by atoms with Crippen LogP contribution in [0.1, 0.15) is 0 Å². The summed E-state index contributed by atoms with van der Waals surface area (Å²) in [4.78, 5) is 10.4. The molecule has 1 aromatic carbocycles. The first-order valence-corrected chi connectivity index (χ1v) is 6.68. The fourth-order valence-corrected chi connectivity index (χ4v) is 2.47. The summed E-state index contributed by atoms with van der Waals surface area (Å²) < 4.78 is 24.2. The molecule has 1 aliphatic rings. The molecular formula is C14H16FN3O3. The lowest BCUT2D eigenvalue weighted by Crippen LogP contribution is -2.44. The molecule has 7 heteroatoms. The Bertz CT molecular complexity index is 653. The summed E-state index contributed by atoms with van der Waals surface area (Å²) in [6, 6.07) is 2.94. The minimum atomic E-state index is -0.454. The van der Waals surface area contributed by atoms with E-state index in [0.29, 0.717) is 36.4 Å². The van der Waals surface area contributed by atoms with E-state index >= 15 is 0 Å². The van der Waals surface area contributed by atoms with Crippen molar-refractivity contribution >= 4 is 16.7 Å². The number of anilines is 1. The first kappa shape index (κ1) is 14.0. The van der Waals surface area contributed by atoms with Gasteiger partial charge in [0.25, 0.3) is 0 Å². The summed E-state index contributed by atoms with van der Waals surface area (Å²) in [5.74, 6) is 0.399. The number of hydrogen-bond acceptors (Lipinski definition) is 6. The molecule has 0 saturated carbocycles. The zero-order valence-corrected chi connectivity index (χ0v) is 11.6. The number of ether oxygens (including phenoxy) is 2. The molecule has 21 heavy (non-hydrogen) atoms. The van der Waals surface area contributed by atoms with Gasteiger partial charge < -0.3 is 19.5 Å². The van der Waals surface area contributed by atoms with Crippen molar-refractivity contribution in [3.63, 3.8) is 0 Å². The maximum atomic E-state index is 13.8. The van der Waals surface area contributed by atoms with Crippen LogP contribution in [0.4, 0.5) is 10.2 Å². The summed E-state index contributed by atoms with van der Waals surface area (Å²) in [6.45, 7) is 1.65. The number of hydrogen-bond donors (Lipinski definition) is 1. The molecule has 0 amide bonds. The SMILES string of the molecule is COc1cc2c(N3CCOC(CO)C3)ncnc2cc1F. The van der Waals surface area contributed by atoms with Crippen LogP contribution in [0.25, 0.3) is 10.9 Å². The summed E-state index contributed by atoms with van der Waals surface area (Å²) in [5, 5.41) is 9.95. The fraction of sp³-hybridized carbons (Fsp3) is 0.429. The van der Waals surface area contributed by atoms with E-state index in [1.165, 1.54) is 19.5 Å². The van der Waals surface area contributed by atoms with Crippen molar-refractivity contribution in [3.05, 3.63) is 24.3 Å². The van der Waals surface area contributed by atoms with Crippen molar-refractivity contribution in [2.75, 3.05) is 38.3 Å². The van der Waals surface area contributed by atoms with E-state index in [9.17, 15) is 9.50 Å². The second-order valence-electron chi connectivity index (χ2n) is 4.82. The van der Waals surface area contributed by atoms with Crippen LogP contribution in [-0.2, 0) is 4.74 Å². The standard InChI is InChI=1S/C14H16FN3O3/c1-20-13-4-10-12(5-11(13)15)16-8-17-14(10)18-2-3-21-9(6-18)7-19/h4-5,8-9,19H,2-3,6-7H2,1H3. The van der Waals surface area contributed by atoms with Gasteiger partial charge in [0.1, 0.15) is 12.1 Å². The Morgan fingerprint density at radius 3 is 3.10 bits per heavy atom. The van der Waals surface area contributed by atoms with Crippen LogP contribution < -0.4 is 9.64 Å². The van der Waals surface area contributed by atoms with Gasteiger partial charge in [-0.1, -0.05) is 0 Å². The van der Waals surface area contributed by atoms with Crippen LogP contribution in [0.3, 0.4) is 0 Å². The predicted molar refractivity (Wildman–Crippen MR) is 75.1 cm³/mol. The molecule has 3 rings (SSSR count). The molecular weight excluding hydrogens is 277 g/mol. The highest BCUT2D eigenvalue weighted by molar-refractivity contribution is 5.90. The number of fused-ring (bicyclic) bond motifs is 1. The van der Waals surface area contributed by atoms with Crippen molar-refractivity contribution in [3.8, 4) is 5.75 Å². The Morgan fingerprint density at radius 1 is 1.48 bits per heavy atom. The zero-order valence-electron chi connectivity index (χ0n) is 11.6. The normalized spacial score (nSPS) is 19.0. The molecule has 1 unspecified atom stereocenters. The molecule has 1 saturated heterocycles. The quantitative estimate of drug-likeness (QED) is 0.909. The minimum absolute atomic E-state index is 0.0442. The third-order valence-electron chi connectivity index (χ3n) is 3.53. The second kappa shape index (κ2) is 5.79. The second-order valence-corrected chi connectivity index (χ2v) is 4.82. The molecule has 0 spiro atoms. The van der Waals surface area contributed by atoms with Crippen LogP contribution in [0.5, 0.6) is 5.75 Å². The molecule has 0 radical (unpaired) electrons. The number of methoxy groups -OCH3 is 1. The molecule has 6 nitrogen and oxygen atoms in total. The lowest BCUT2D eigenvalue weighted by molar-refractivity contribution is 0.00343. The topological polar surface area (TPSA) is 67.7 Å². The summed E-state index contributed by atoms with van der Waals surface area (Å²) >= 11 is 0. The Kier molecular flexibility index (Phi) is 3.85. The summed E-state index contributed by atoms with van der Waals surface area (Å²) in [6.07, 6.45) is 1.17. The number of rotatable bonds is 3. The third kappa shape index (κ3) is 2.62. The maximum absolute atomic E-state index is 13.8. The molecule has 0 bridgehead atoms. The van der Waals surface area contributed by atoms with E-state index in [4.69, 9.17) is 9.47 Å². The molecule has 1 aliphatic heterocycles. The van der Waals surface area contributed by atoms with E-state index in [1.807, 2.05) is 4.90 Å². The van der Waals surface area contributed by atoms with Crippen LogP contribution in [0.15, 0.2) is 18.5 Å². The van der Waals surface area contributed by atoms with E-state index in [1.54, 1.807) is 6.07 Å². The smallest absolute Gasteiger partial charge is 0.167 e. The Hall–Kier alpha value is -1.99.